The molecule has 2 aromatic rings. The summed E-state index contributed by atoms with van der Waals surface area (Å²) >= 11 is 5.89. The summed E-state index contributed by atoms with van der Waals surface area (Å²) in [6.07, 6.45) is 1.55. The monoisotopic (exact) mass is 338 g/mol. The van der Waals surface area contributed by atoms with Crippen LogP contribution in [-0.2, 0) is 11.3 Å². The van der Waals surface area contributed by atoms with E-state index in [9.17, 15) is 9.18 Å². The highest BCUT2D eigenvalue weighted by atomic mass is 35.5. The van der Waals surface area contributed by atoms with E-state index in [4.69, 9.17) is 16.3 Å². The van der Waals surface area contributed by atoms with Crippen LogP contribution in [0.3, 0.4) is 0 Å². The molecule has 2 N–H and O–H groups in total. The first-order chi connectivity index (χ1) is 11.0. The largest absolute Gasteiger partial charge is 0.494 e. The Morgan fingerprint density at radius 1 is 1.43 bits per heavy atom. The molecule has 5 nitrogen and oxygen atoms in total. The molecule has 0 radical (unpaired) electrons. The molecule has 2 rings (SSSR count). The van der Waals surface area contributed by atoms with Gasteiger partial charge in [0.25, 0.3) is 5.91 Å². The number of methoxy groups -OCH3 is 1. The SMILES string of the molecule is COc1ccc(C[NH+](C)CC(=O)Nc2cccnc2Cl)cc1F. The summed E-state index contributed by atoms with van der Waals surface area (Å²) in [6.45, 7) is 0.730. The summed E-state index contributed by atoms with van der Waals surface area (Å²) in [6, 6.07) is 8.15. The number of nitrogens with one attached hydrogen (secondary N) is 2. The summed E-state index contributed by atoms with van der Waals surface area (Å²) in [5.41, 5.74) is 1.26. The lowest BCUT2D eigenvalue weighted by Gasteiger charge is -2.14. The number of ether oxygens (including phenoxy) is 1. The van der Waals surface area contributed by atoms with Crippen LogP contribution in [-0.4, -0.2) is 31.6 Å². The normalized spacial score (nSPS) is 11.8. The Bertz CT molecular complexity index is 697. The molecule has 0 aliphatic carbocycles. The number of pyridine rings is 1. The minimum atomic E-state index is -0.413. The van der Waals surface area contributed by atoms with Crippen molar-refractivity contribution in [3.8, 4) is 5.75 Å². The van der Waals surface area contributed by atoms with Gasteiger partial charge in [-0.05, 0) is 30.3 Å². The summed E-state index contributed by atoms with van der Waals surface area (Å²) in [7, 11) is 3.27. The fourth-order valence-corrected chi connectivity index (χ4v) is 2.35. The van der Waals surface area contributed by atoms with E-state index in [0.717, 1.165) is 10.5 Å². The molecular weight excluding hydrogens is 321 g/mol. The van der Waals surface area contributed by atoms with Gasteiger partial charge in [-0.2, -0.15) is 0 Å². The predicted molar refractivity (Wildman–Crippen MR) is 86.3 cm³/mol. The zero-order valence-corrected chi connectivity index (χ0v) is 13.7. The van der Waals surface area contributed by atoms with E-state index in [1.807, 2.05) is 7.05 Å². The van der Waals surface area contributed by atoms with Gasteiger partial charge >= 0.3 is 0 Å². The molecule has 1 amide bonds. The summed E-state index contributed by atoms with van der Waals surface area (Å²) in [4.78, 5) is 16.8. The maximum absolute atomic E-state index is 13.7. The average Bonchev–Trinajstić information content (AvgIpc) is 2.49. The molecule has 1 heterocycles. The smallest absolute Gasteiger partial charge is 0.279 e. The Hall–Kier alpha value is -2.18. The van der Waals surface area contributed by atoms with Crippen LogP contribution < -0.4 is 15.0 Å². The third-order valence-electron chi connectivity index (χ3n) is 3.22. The number of carbonyl (C=O) groups excluding carboxylic acids is 1. The van der Waals surface area contributed by atoms with Gasteiger partial charge in [0.05, 0.1) is 19.8 Å². The van der Waals surface area contributed by atoms with Gasteiger partial charge in [0.15, 0.2) is 23.3 Å². The van der Waals surface area contributed by atoms with Crippen LogP contribution in [0.2, 0.25) is 5.15 Å². The van der Waals surface area contributed by atoms with Crippen LogP contribution in [0.1, 0.15) is 5.56 Å². The highest BCUT2D eigenvalue weighted by Crippen LogP contribution is 2.17. The van der Waals surface area contributed by atoms with Crippen molar-refractivity contribution in [2.24, 2.45) is 0 Å². The molecule has 0 aliphatic rings. The number of likely N-dealkylation sites (N-methyl/N-ethyl adjacent to an activating group) is 1. The highest BCUT2D eigenvalue weighted by molar-refractivity contribution is 6.32. The highest BCUT2D eigenvalue weighted by Gasteiger charge is 2.13. The van der Waals surface area contributed by atoms with E-state index in [1.165, 1.54) is 13.2 Å². The quantitative estimate of drug-likeness (QED) is 0.786. The Kier molecular flexibility index (Phi) is 5.90. The Morgan fingerprint density at radius 2 is 2.22 bits per heavy atom. The standard InChI is InChI=1S/C16H17ClFN3O2/c1-21(9-11-5-6-14(23-2)12(18)8-11)10-15(22)20-13-4-3-7-19-16(13)17/h3-8H,9-10H2,1-2H3,(H,20,22)/p+1. The zero-order valence-electron chi connectivity index (χ0n) is 12.9. The molecule has 0 fully saturated rings. The van der Waals surface area contributed by atoms with Gasteiger partial charge in [0, 0.05) is 11.8 Å². The second-order valence-electron chi connectivity index (χ2n) is 5.17. The van der Waals surface area contributed by atoms with Crippen molar-refractivity contribution in [3.63, 3.8) is 0 Å². The number of hydrogen-bond donors (Lipinski definition) is 2. The minimum absolute atomic E-state index is 0.189. The molecule has 1 aromatic heterocycles. The first-order valence-corrected chi connectivity index (χ1v) is 7.41. The van der Waals surface area contributed by atoms with E-state index in [-0.39, 0.29) is 23.4 Å². The van der Waals surface area contributed by atoms with Gasteiger partial charge in [-0.3, -0.25) is 4.79 Å². The first kappa shape index (κ1) is 17.2. The molecule has 1 aromatic carbocycles. The summed E-state index contributed by atoms with van der Waals surface area (Å²) in [5, 5.41) is 2.95. The van der Waals surface area contributed by atoms with E-state index < -0.39 is 5.82 Å². The number of benzene rings is 1. The second kappa shape index (κ2) is 7.89. The lowest BCUT2D eigenvalue weighted by molar-refractivity contribution is -0.885. The van der Waals surface area contributed by atoms with Crippen LogP contribution in [0.15, 0.2) is 36.5 Å². The molecule has 0 saturated heterocycles. The van der Waals surface area contributed by atoms with Crippen molar-refractivity contribution in [2.75, 3.05) is 26.0 Å². The van der Waals surface area contributed by atoms with Crippen molar-refractivity contribution in [1.82, 2.24) is 4.98 Å². The van der Waals surface area contributed by atoms with Crippen LogP contribution in [0.5, 0.6) is 5.75 Å². The minimum Gasteiger partial charge on any atom is -0.494 e. The lowest BCUT2D eigenvalue weighted by Crippen LogP contribution is -3.08. The molecule has 23 heavy (non-hydrogen) atoms. The topological polar surface area (TPSA) is 55.7 Å². The van der Waals surface area contributed by atoms with Crippen molar-refractivity contribution in [1.29, 1.82) is 0 Å². The van der Waals surface area contributed by atoms with E-state index in [2.05, 4.69) is 10.3 Å². The third kappa shape index (κ3) is 4.91. The van der Waals surface area contributed by atoms with Crippen LogP contribution in [0, 0.1) is 5.82 Å². The Morgan fingerprint density at radius 3 is 2.87 bits per heavy atom. The lowest BCUT2D eigenvalue weighted by atomic mass is 10.2. The number of carbonyl (C=O) groups is 1. The molecule has 0 saturated carbocycles. The molecule has 0 aliphatic heterocycles. The zero-order chi connectivity index (χ0) is 16.8. The average molecular weight is 339 g/mol. The van der Waals surface area contributed by atoms with Gasteiger partial charge in [-0.15, -0.1) is 0 Å². The Labute approximate surface area is 139 Å². The first-order valence-electron chi connectivity index (χ1n) is 7.03. The number of nitrogens with zero attached hydrogens (tertiary/aromatic N) is 1. The predicted octanol–water partition coefficient (Wildman–Crippen LogP) is 1.54. The molecule has 1 unspecified atom stereocenters. The second-order valence-corrected chi connectivity index (χ2v) is 5.53. The van der Waals surface area contributed by atoms with E-state index in [1.54, 1.807) is 30.5 Å². The number of hydrogen-bond acceptors (Lipinski definition) is 3. The Balaban J connectivity index is 1.91. The van der Waals surface area contributed by atoms with Crippen LogP contribution >= 0.6 is 11.6 Å². The van der Waals surface area contributed by atoms with Crippen molar-refractivity contribution < 1.29 is 18.8 Å². The fraction of sp³-hybridized carbons (Fsp3) is 0.250. The molecule has 122 valence electrons. The number of rotatable bonds is 6. The molecule has 0 bridgehead atoms. The third-order valence-corrected chi connectivity index (χ3v) is 3.52. The number of quaternary nitrogens is 1. The summed E-state index contributed by atoms with van der Waals surface area (Å²) in [5.74, 6) is -0.397. The van der Waals surface area contributed by atoms with Crippen molar-refractivity contribution >= 4 is 23.2 Å². The molecule has 7 heteroatoms. The number of halogens is 2. The van der Waals surface area contributed by atoms with Gasteiger partial charge in [-0.1, -0.05) is 11.6 Å². The number of anilines is 1. The van der Waals surface area contributed by atoms with Crippen molar-refractivity contribution in [2.45, 2.75) is 6.54 Å². The number of aromatic nitrogens is 1. The molecule has 1 atom stereocenters. The maximum atomic E-state index is 13.7. The number of amides is 1. The van der Waals surface area contributed by atoms with E-state index >= 15 is 0 Å². The fourth-order valence-electron chi connectivity index (χ4n) is 2.18. The van der Waals surface area contributed by atoms with E-state index in [0.29, 0.717) is 12.2 Å². The van der Waals surface area contributed by atoms with Gasteiger partial charge < -0.3 is 15.0 Å². The van der Waals surface area contributed by atoms with Gasteiger partial charge in [-0.25, -0.2) is 9.37 Å². The molecular formula is C16H18ClFN3O2+. The molecule has 0 spiro atoms. The van der Waals surface area contributed by atoms with Gasteiger partial charge in [0.1, 0.15) is 6.54 Å². The maximum Gasteiger partial charge on any atom is 0.279 e. The van der Waals surface area contributed by atoms with Crippen LogP contribution in [0.25, 0.3) is 0 Å². The van der Waals surface area contributed by atoms with Crippen molar-refractivity contribution in [3.05, 3.63) is 53.1 Å². The summed E-state index contributed by atoms with van der Waals surface area (Å²) < 4.78 is 18.5. The van der Waals surface area contributed by atoms with Crippen LogP contribution in [0.4, 0.5) is 10.1 Å². The van der Waals surface area contributed by atoms with Gasteiger partial charge in [0.2, 0.25) is 0 Å².